The van der Waals surface area contributed by atoms with E-state index in [-0.39, 0.29) is 11.1 Å². The number of nitrogens with zero attached hydrogens (tertiary/aromatic N) is 3. The third-order valence-corrected chi connectivity index (χ3v) is 4.45. The summed E-state index contributed by atoms with van der Waals surface area (Å²) >= 11 is -1.03. The molecule has 3 aromatic rings. The monoisotopic (exact) mass is 317 g/mol. The van der Waals surface area contributed by atoms with Crippen LogP contribution in [0.25, 0.3) is 22.2 Å². The third kappa shape index (κ3) is 2.32. The minimum absolute atomic E-state index is 0.260. The predicted octanol–water partition coefficient (Wildman–Crippen LogP) is 2.12. The largest absolute Gasteiger partial charge is 0.612 e. The Kier molecular flexibility index (Phi) is 3.76. The van der Waals surface area contributed by atoms with Crippen molar-refractivity contribution in [2.75, 3.05) is 6.26 Å². The van der Waals surface area contributed by atoms with Crippen LogP contribution in [0.15, 0.2) is 38.5 Å². The van der Waals surface area contributed by atoms with E-state index in [1.807, 2.05) is 19.1 Å². The Morgan fingerprint density at radius 2 is 2.00 bits per heavy atom. The van der Waals surface area contributed by atoms with E-state index < -0.39 is 11.2 Å². The highest BCUT2D eigenvalue weighted by Gasteiger charge is 2.18. The zero-order valence-corrected chi connectivity index (χ0v) is 13.3. The van der Waals surface area contributed by atoms with Gasteiger partial charge in [0.05, 0.1) is 5.39 Å². The lowest BCUT2D eigenvalue weighted by molar-refractivity contribution is 0.405. The Bertz CT molecular complexity index is 881. The van der Waals surface area contributed by atoms with Crippen LogP contribution >= 0.6 is 0 Å². The molecule has 0 spiro atoms. The molecule has 0 aliphatic carbocycles. The van der Waals surface area contributed by atoms with Gasteiger partial charge in [0.2, 0.25) is 0 Å². The first-order chi connectivity index (χ1) is 10.5. The zero-order valence-electron chi connectivity index (χ0n) is 12.5. The van der Waals surface area contributed by atoms with Crippen LogP contribution in [0, 0.1) is 6.92 Å². The fourth-order valence-electron chi connectivity index (χ4n) is 2.36. The van der Waals surface area contributed by atoms with Crippen LogP contribution in [0.1, 0.15) is 12.7 Å². The van der Waals surface area contributed by atoms with Crippen molar-refractivity contribution in [3.63, 3.8) is 0 Å². The molecule has 0 saturated carbocycles. The van der Waals surface area contributed by atoms with Crippen LogP contribution in [0.3, 0.4) is 0 Å². The van der Waals surface area contributed by atoms with Crippen LogP contribution in [0.2, 0.25) is 0 Å². The molecule has 2 heterocycles. The van der Waals surface area contributed by atoms with Gasteiger partial charge in [0, 0.05) is 12.1 Å². The second-order valence-electron chi connectivity index (χ2n) is 4.91. The van der Waals surface area contributed by atoms with Crippen molar-refractivity contribution in [1.82, 2.24) is 14.9 Å². The Morgan fingerprint density at radius 3 is 2.59 bits per heavy atom. The Labute approximate surface area is 129 Å². The maximum atomic E-state index is 12.2. The number of hydrogen-bond acceptors (Lipinski definition) is 5. The van der Waals surface area contributed by atoms with Crippen molar-refractivity contribution in [3.05, 3.63) is 40.4 Å². The lowest BCUT2D eigenvalue weighted by atomic mass is 10.1. The molecule has 0 aliphatic rings. The van der Waals surface area contributed by atoms with E-state index in [1.165, 1.54) is 4.68 Å². The van der Waals surface area contributed by atoms with E-state index in [0.717, 1.165) is 10.5 Å². The average Bonchev–Trinajstić information content (AvgIpc) is 2.91. The fourth-order valence-corrected chi connectivity index (χ4v) is 2.88. The van der Waals surface area contributed by atoms with Crippen molar-refractivity contribution in [2.45, 2.75) is 25.3 Å². The Balaban J connectivity index is 2.27. The number of hydrogen-bond donors (Lipinski definition) is 0. The molecule has 1 aromatic carbocycles. The summed E-state index contributed by atoms with van der Waals surface area (Å²) in [7, 11) is 0. The quantitative estimate of drug-likeness (QED) is 0.691. The van der Waals surface area contributed by atoms with Crippen molar-refractivity contribution in [1.29, 1.82) is 0 Å². The van der Waals surface area contributed by atoms with E-state index in [1.54, 1.807) is 25.3 Å². The van der Waals surface area contributed by atoms with Gasteiger partial charge < -0.3 is 9.08 Å². The molecule has 22 heavy (non-hydrogen) atoms. The molecule has 2 aromatic heterocycles. The lowest BCUT2D eigenvalue weighted by Gasteiger charge is -2.08. The van der Waals surface area contributed by atoms with E-state index in [0.29, 0.717) is 23.4 Å². The number of rotatable bonds is 3. The molecule has 0 radical (unpaired) electrons. The summed E-state index contributed by atoms with van der Waals surface area (Å²) in [5.74, 6) is 0.556. The average molecular weight is 317 g/mol. The molecule has 0 saturated heterocycles. The summed E-state index contributed by atoms with van der Waals surface area (Å²) in [5, 5.41) is 8.91. The number of aromatic nitrogens is 3. The molecule has 3 rings (SSSR count). The molecular weight excluding hydrogens is 302 g/mol. The van der Waals surface area contributed by atoms with Crippen molar-refractivity contribution in [2.24, 2.45) is 0 Å². The van der Waals surface area contributed by atoms with Crippen LogP contribution in [-0.4, -0.2) is 25.7 Å². The van der Waals surface area contributed by atoms with Gasteiger partial charge in [-0.1, -0.05) is 5.16 Å². The molecule has 0 N–H and O–H groups in total. The van der Waals surface area contributed by atoms with E-state index in [9.17, 15) is 9.35 Å². The van der Waals surface area contributed by atoms with Gasteiger partial charge in [0.25, 0.3) is 5.56 Å². The second-order valence-corrected chi connectivity index (χ2v) is 6.29. The summed E-state index contributed by atoms with van der Waals surface area (Å²) in [4.78, 5) is 13.0. The Hall–Kier alpha value is -2.12. The summed E-state index contributed by atoms with van der Waals surface area (Å²) in [6.45, 7) is 4.05. The highest BCUT2D eigenvalue weighted by molar-refractivity contribution is 7.90. The van der Waals surface area contributed by atoms with Gasteiger partial charge in [-0.2, -0.15) is 5.10 Å². The van der Waals surface area contributed by atoms with E-state index in [2.05, 4.69) is 10.3 Å². The highest BCUT2D eigenvalue weighted by atomic mass is 32.2. The third-order valence-electron chi connectivity index (χ3n) is 3.52. The standard InChI is InChI=1S/C15H15N3O3S/c1-4-18-15(19)14-12(9(2)21-17-14)13(16-18)10-5-7-11(8-6-10)22(3)20/h5-8H,4H2,1-3H3. The molecule has 114 valence electrons. The van der Waals surface area contributed by atoms with Crippen LogP contribution in [0.5, 0.6) is 0 Å². The SMILES string of the molecule is CCn1nc(-c2ccc([S+](C)[O-])cc2)c2c(C)onc2c1=O. The second kappa shape index (κ2) is 5.58. The molecular formula is C15H15N3O3S. The van der Waals surface area contributed by atoms with Gasteiger partial charge in [-0.25, -0.2) is 4.68 Å². The van der Waals surface area contributed by atoms with Gasteiger partial charge >= 0.3 is 0 Å². The lowest BCUT2D eigenvalue weighted by Crippen LogP contribution is -2.23. The van der Waals surface area contributed by atoms with Crippen molar-refractivity contribution >= 4 is 22.1 Å². The molecule has 7 heteroatoms. The first kappa shape index (κ1) is 14.8. The maximum Gasteiger partial charge on any atom is 0.296 e. The molecule has 0 fully saturated rings. The molecule has 0 amide bonds. The van der Waals surface area contributed by atoms with Crippen molar-refractivity contribution < 1.29 is 9.08 Å². The zero-order chi connectivity index (χ0) is 15.9. The topological polar surface area (TPSA) is 84.0 Å². The summed E-state index contributed by atoms with van der Waals surface area (Å²) in [6.07, 6.45) is 1.63. The first-order valence-corrected chi connectivity index (χ1v) is 8.39. The van der Waals surface area contributed by atoms with E-state index in [4.69, 9.17) is 4.52 Å². The molecule has 0 aliphatic heterocycles. The fraction of sp³-hybridized carbons (Fsp3) is 0.267. The van der Waals surface area contributed by atoms with Gasteiger partial charge in [0.1, 0.15) is 17.7 Å². The number of aryl methyl sites for hydroxylation is 2. The molecule has 1 unspecified atom stereocenters. The van der Waals surface area contributed by atoms with Gasteiger partial charge in [0.15, 0.2) is 10.4 Å². The highest BCUT2D eigenvalue weighted by Crippen LogP contribution is 2.27. The summed E-state index contributed by atoms with van der Waals surface area (Å²) in [5.41, 5.74) is 1.49. The molecule has 0 bridgehead atoms. The smallest absolute Gasteiger partial charge is 0.296 e. The van der Waals surface area contributed by atoms with E-state index >= 15 is 0 Å². The van der Waals surface area contributed by atoms with Gasteiger partial charge in [-0.3, -0.25) is 4.79 Å². The van der Waals surface area contributed by atoms with Gasteiger partial charge in [-0.15, -0.1) is 0 Å². The van der Waals surface area contributed by atoms with Crippen LogP contribution < -0.4 is 5.56 Å². The minimum Gasteiger partial charge on any atom is -0.612 e. The minimum atomic E-state index is -1.03. The molecule has 6 nitrogen and oxygen atoms in total. The maximum absolute atomic E-state index is 12.2. The van der Waals surface area contributed by atoms with Gasteiger partial charge in [-0.05, 0) is 49.3 Å². The summed E-state index contributed by atoms with van der Waals surface area (Å²) in [6, 6.07) is 7.28. The summed E-state index contributed by atoms with van der Waals surface area (Å²) < 4.78 is 18.0. The first-order valence-electron chi connectivity index (χ1n) is 6.84. The normalized spacial score (nSPS) is 12.7. The predicted molar refractivity (Wildman–Crippen MR) is 84.2 cm³/mol. The van der Waals surface area contributed by atoms with Crippen molar-refractivity contribution in [3.8, 4) is 11.3 Å². The number of benzene rings is 1. The van der Waals surface area contributed by atoms with Crippen LogP contribution in [-0.2, 0) is 17.7 Å². The molecule has 1 atom stereocenters. The van der Waals surface area contributed by atoms with Crippen LogP contribution in [0.4, 0.5) is 0 Å². The Morgan fingerprint density at radius 1 is 1.32 bits per heavy atom. The number of fused-ring (bicyclic) bond motifs is 1.